The quantitative estimate of drug-likeness (QED) is 0.878. The molecule has 2 aromatic rings. The molecule has 0 aliphatic carbocycles. The summed E-state index contributed by atoms with van der Waals surface area (Å²) in [6, 6.07) is 5.70. The number of hydrogen-bond donors (Lipinski definition) is 1. The number of nitrogens with one attached hydrogen (secondary N) is 1. The second kappa shape index (κ2) is 6.58. The van der Waals surface area contributed by atoms with Gasteiger partial charge in [-0.1, -0.05) is 30.1 Å². The lowest BCUT2D eigenvalue weighted by atomic mass is 9.92. The molecule has 1 N–H and O–H groups in total. The summed E-state index contributed by atoms with van der Waals surface area (Å²) in [5, 5.41) is 9.62. The predicted octanol–water partition coefficient (Wildman–Crippen LogP) is 4.35. The molecule has 0 amide bonds. The summed E-state index contributed by atoms with van der Waals surface area (Å²) in [6.07, 6.45) is 3.52. The van der Waals surface area contributed by atoms with Crippen LogP contribution in [-0.4, -0.2) is 40.9 Å². The molecule has 0 spiro atoms. The van der Waals surface area contributed by atoms with Crippen molar-refractivity contribution in [2.75, 3.05) is 31.5 Å². The van der Waals surface area contributed by atoms with E-state index in [0.717, 1.165) is 37.6 Å². The molecule has 128 valence electrons. The number of fused-ring (bicyclic) bond motifs is 1. The van der Waals surface area contributed by atoms with Gasteiger partial charge in [0.05, 0.1) is 21.4 Å². The van der Waals surface area contributed by atoms with E-state index in [1.165, 1.54) is 30.6 Å². The van der Waals surface area contributed by atoms with Gasteiger partial charge < -0.3 is 10.2 Å². The van der Waals surface area contributed by atoms with Crippen LogP contribution >= 0.6 is 23.2 Å². The number of aromatic nitrogens is 2. The molecule has 4 nitrogen and oxygen atoms in total. The fourth-order valence-electron chi connectivity index (χ4n) is 3.90. The van der Waals surface area contributed by atoms with E-state index in [4.69, 9.17) is 28.3 Å². The Morgan fingerprint density at radius 3 is 2.96 bits per heavy atom. The summed E-state index contributed by atoms with van der Waals surface area (Å²) >= 11 is 12.3. The van der Waals surface area contributed by atoms with Crippen molar-refractivity contribution in [3.05, 3.63) is 39.5 Å². The van der Waals surface area contributed by atoms with Gasteiger partial charge in [0.15, 0.2) is 0 Å². The number of benzene rings is 1. The fraction of sp³-hybridized carbons (Fsp3) is 0.500. The van der Waals surface area contributed by atoms with Crippen LogP contribution in [0, 0.1) is 0 Å². The maximum atomic E-state index is 6.21. The van der Waals surface area contributed by atoms with Crippen LogP contribution in [0.2, 0.25) is 10.0 Å². The molecule has 2 aliphatic rings. The maximum absolute atomic E-state index is 6.21. The van der Waals surface area contributed by atoms with Crippen molar-refractivity contribution in [1.82, 2.24) is 14.7 Å². The van der Waals surface area contributed by atoms with Crippen LogP contribution in [0.4, 0.5) is 5.82 Å². The normalized spacial score (nSPS) is 20.9. The van der Waals surface area contributed by atoms with Crippen molar-refractivity contribution in [1.29, 1.82) is 0 Å². The Balaban J connectivity index is 1.73. The topological polar surface area (TPSA) is 33.1 Å². The highest BCUT2D eigenvalue weighted by atomic mass is 35.5. The number of nitrogens with zero attached hydrogens (tertiary/aromatic N) is 3. The number of rotatable bonds is 3. The zero-order chi connectivity index (χ0) is 16.7. The number of halogens is 2. The van der Waals surface area contributed by atoms with Crippen LogP contribution < -0.4 is 5.32 Å². The summed E-state index contributed by atoms with van der Waals surface area (Å²) in [7, 11) is 0. The lowest BCUT2D eigenvalue weighted by Crippen LogP contribution is -2.34. The molecule has 1 atom stereocenters. The zero-order valence-electron chi connectivity index (χ0n) is 13.9. The summed E-state index contributed by atoms with van der Waals surface area (Å²) < 4.78 is 2.00. The van der Waals surface area contributed by atoms with Gasteiger partial charge in [-0.3, -0.25) is 0 Å². The standard InChI is InChI=1S/C18H22Cl2N4/c1-2-23-9-3-4-12(11-23)17-14-7-8-21-18(14)24(22-17)13-5-6-15(19)16(20)10-13/h5-6,10,12,21H,2-4,7-9,11H2,1H3. The maximum Gasteiger partial charge on any atom is 0.133 e. The molecule has 4 rings (SSSR count). The molecule has 0 saturated carbocycles. The molecule has 1 fully saturated rings. The van der Waals surface area contributed by atoms with E-state index in [9.17, 15) is 0 Å². The highest BCUT2D eigenvalue weighted by Crippen LogP contribution is 2.37. The Morgan fingerprint density at radius 2 is 2.17 bits per heavy atom. The molecule has 3 heterocycles. The minimum atomic E-state index is 0.524. The number of piperidine rings is 1. The Labute approximate surface area is 152 Å². The van der Waals surface area contributed by atoms with Gasteiger partial charge in [0.2, 0.25) is 0 Å². The van der Waals surface area contributed by atoms with Crippen LogP contribution in [0.25, 0.3) is 5.69 Å². The van der Waals surface area contributed by atoms with E-state index in [1.54, 1.807) is 0 Å². The second-order valence-electron chi connectivity index (χ2n) is 6.63. The Kier molecular flexibility index (Phi) is 4.46. The van der Waals surface area contributed by atoms with E-state index in [0.29, 0.717) is 16.0 Å². The molecule has 2 aliphatic heterocycles. The van der Waals surface area contributed by atoms with Crippen molar-refractivity contribution in [2.45, 2.75) is 32.1 Å². The van der Waals surface area contributed by atoms with Gasteiger partial charge in [-0.2, -0.15) is 5.10 Å². The van der Waals surface area contributed by atoms with Crippen molar-refractivity contribution < 1.29 is 0 Å². The zero-order valence-corrected chi connectivity index (χ0v) is 15.4. The van der Waals surface area contributed by atoms with E-state index in [2.05, 4.69) is 17.1 Å². The summed E-state index contributed by atoms with van der Waals surface area (Å²) in [6.45, 7) is 6.65. The van der Waals surface area contributed by atoms with E-state index in [-0.39, 0.29) is 0 Å². The van der Waals surface area contributed by atoms with Crippen molar-refractivity contribution in [3.63, 3.8) is 0 Å². The first kappa shape index (κ1) is 16.2. The Bertz CT molecular complexity index is 756. The monoisotopic (exact) mass is 364 g/mol. The number of likely N-dealkylation sites (tertiary alicyclic amines) is 1. The molecular weight excluding hydrogens is 343 g/mol. The third-order valence-electron chi connectivity index (χ3n) is 5.17. The van der Waals surface area contributed by atoms with Gasteiger partial charge in [0.1, 0.15) is 5.82 Å². The average molecular weight is 365 g/mol. The summed E-state index contributed by atoms with van der Waals surface area (Å²) in [5.41, 5.74) is 3.60. The third-order valence-corrected chi connectivity index (χ3v) is 5.91. The highest BCUT2D eigenvalue weighted by Gasteiger charge is 2.30. The smallest absolute Gasteiger partial charge is 0.133 e. The van der Waals surface area contributed by atoms with Crippen molar-refractivity contribution in [2.24, 2.45) is 0 Å². The molecular formula is C18H22Cl2N4. The molecule has 24 heavy (non-hydrogen) atoms. The van der Waals surface area contributed by atoms with Crippen LogP contribution in [0.5, 0.6) is 0 Å². The van der Waals surface area contributed by atoms with Crippen LogP contribution in [0.1, 0.15) is 36.9 Å². The molecule has 1 saturated heterocycles. The van der Waals surface area contributed by atoms with E-state index in [1.807, 2.05) is 22.9 Å². The fourth-order valence-corrected chi connectivity index (χ4v) is 4.19. The average Bonchev–Trinajstić information content (AvgIpc) is 3.20. The summed E-state index contributed by atoms with van der Waals surface area (Å²) in [5.74, 6) is 1.65. The molecule has 1 aromatic heterocycles. The third kappa shape index (κ3) is 2.81. The van der Waals surface area contributed by atoms with E-state index >= 15 is 0 Å². The Morgan fingerprint density at radius 1 is 1.29 bits per heavy atom. The summed E-state index contributed by atoms with van der Waals surface area (Å²) in [4.78, 5) is 2.53. The van der Waals surface area contributed by atoms with Crippen molar-refractivity contribution >= 4 is 29.0 Å². The second-order valence-corrected chi connectivity index (χ2v) is 7.45. The minimum Gasteiger partial charge on any atom is -0.369 e. The van der Waals surface area contributed by atoms with Gasteiger partial charge in [-0.15, -0.1) is 0 Å². The van der Waals surface area contributed by atoms with Gasteiger partial charge in [-0.05, 0) is 50.6 Å². The van der Waals surface area contributed by atoms with Crippen LogP contribution in [0.15, 0.2) is 18.2 Å². The minimum absolute atomic E-state index is 0.524. The predicted molar refractivity (Wildman–Crippen MR) is 99.9 cm³/mol. The first-order valence-electron chi connectivity index (χ1n) is 8.70. The van der Waals surface area contributed by atoms with Crippen molar-refractivity contribution in [3.8, 4) is 5.69 Å². The first-order chi connectivity index (χ1) is 11.7. The van der Waals surface area contributed by atoms with E-state index < -0.39 is 0 Å². The molecule has 0 bridgehead atoms. The Hall–Kier alpha value is -1.23. The van der Waals surface area contributed by atoms with Crippen LogP contribution in [0.3, 0.4) is 0 Å². The molecule has 1 aromatic carbocycles. The SMILES string of the molecule is CCN1CCCC(c2nn(-c3ccc(Cl)c(Cl)c3)c3c2CCN3)C1. The number of hydrogen-bond acceptors (Lipinski definition) is 3. The van der Waals surface area contributed by atoms with Gasteiger partial charge in [0, 0.05) is 24.6 Å². The lowest BCUT2D eigenvalue weighted by Gasteiger charge is -2.31. The number of anilines is 1. The van der Waals surface area contributed by atoms with Gasteiger partial charge in [-0.25, -0.2) is 4.68 Å². The first-order valence-corrected chi connectivity index (χ1v) is 9.46. The van der Waals surface area contributed by atoms with Gasteiger partial charge >= 0.3 is 0 Å². The van der Waals surface area contributed by atoms with Gasteiger partial charge in [0.25, 0.3) is 0 Å². The molecule has 0 radical (unpaired) electrons. The van der Waals surface area contributed by atoms with Crippen LogP contribution in [-0.2, 0) is 6.42 Å². The number of likely N-dealkylation sites (N-methyl/N-ethyl adjacent to an activating group) is 1. The molecule has 6 heteroatoms. The lowest BCUT2D eigenvalue weighted by molar-refractivity contribution is 0.215. The molecule has 1 unspecified atom stereocenters. The highest BCUT2D eigenvalue weighted by molar-refractivity contribution is 6.42. The largest absolute Gasteiger partial charge is 0.369 e.